The zero-order valence-corrected chi connectivity index (χ0v) is 15.1. The van der Waals surface area contributed by atoms with Gasteiger partial charge < -0.3 is 14.8 Å². The van der Waals surface area contributed by atoms with Crippen LogP contribution in [0.25, 0.3) is 6.08 Å². The average Bonchev–Trinajstić information content (AvgIpc) is 2.55. The van der Waals surface area contributed by atoms with Gasteiger partial charge in [0.1, 0.15) is 0 Å². The molecule has 0 spiro atoms. The van der Waals surface area contributed by atoms with E-state index in [0.29, 0.717) is 17.8 Å². The van der Waals surface area contributed by atoms with E-state index < -0.39 is 12.9 Å². The highest BCUT2D eigenvalue weighted by Crippen LogP contribution is 2.30. The Balaban J connectivity index is 2.05. The second-order valence-corrected chi connectivity index (χ2v) is 6.89. The van der Waals surface area contributed by atoms with Crippen LogP contribution < -0.4 is 0 Å². The Morgan fingerprint density at radius 2 is 2.20 bits per heavy atom. The Labute approximate surface area is 149 Å². The summed E-state index contributed by atoms with van der Waals surface area (Å²) >= 11 is 0. The monoisotopic (exact) mass is 344 g/mol. The van der Waals surface area contributed by atoms with Crippen LogP contribution in [0.2, 0.25) is 6.32 Å². The number of hydrogen-bond donors (Lipinski definition) is 2. The van der Waals surface area contributed by atoms with Crippen LogP contribution >= 0.6 is 0 Å². The molecule has 0 radical (unpaired) electrons. The lowest BCUT2D eigenvalue weighted by Crippen LogP contribution is -2.32. The van der Waals surface area contributed by atoms with Crippen LogP contribution in [0.15, 0.2) is 47.6 Å². The first-order chi connectivity index (χ1) is 11.8. The van der Waals surface area contributed by atoms with Crippen molar-refractivity contribution in [1.29, 1.82) is 0 Å². The van der Waals surface area contributed by atoms with Gasteiger partial charge in [-0.05, 0) is 54.5 Å². The van der Waals surface area contributed by atoms with E-state index in [0.717, 1.165) is 29.6 Å². The highest BCUT2D eigenvalue weighted by molar-refractivity contribution is 6.43. The van der Waals surface area contributed by atoms with Gasteiger partial charge in [-0.25, -0.2) is 4.39 Å². The van der Waals surface area contributed by atoms with Crippen molar-refractivity contribution in [3.8, 4) is 5.75 Å². The van der Waals surface area contributed by atoms with Gasteiger partial charge in [0.25, 0.3) is 0 Å². The number of benzene rings is 1. The van der Waals surface area contributed by atoms with Crippen molar-refractivity contribution in [3.05, 3.63) is 59.0 Å². The third kappa shape index (κ3) is 5.31. The lowest BCUT2D eigenvalue weighted by molar-refractivity contribution is 0.182. The molecule has 1 aromatic carbocycles. The van der Waals surface area contributed by atoms with Crippen LogP contribution in [0.3, 0.4) is 0 Å². The van der Waals surface area contributed by atoms with Gasteiger partial charge in [-0.3, -0.25) is 0 Å². The lowest BCUT2D eigenvalue weighted by atomic mass is 9.76. The van der Waals surface area contributed by atoms with Crippen molar-refractivity contribution in [1.82, 2.24) is 0 Å². The first kappa shape index (κ1) is 19.5. The molecule has 2 N–H and O–H groups in total. The van der Waals surface area contributed by atoms with E-state index in [-0.39, 0.29) is 11.9 Å². The minimum absolute atomic E-state index is 0.182. The van der Waals surface area contributed by atoms with Gasteiger partial charge in [-0.15, -0.1) is 0 Å². The van der Waals surface area contributed by atoms with Gasteiger partial charge in [-0.2, -0.15) is 0 Å². The number of rotatable bonds is 6. The normalized spacial score (nSPS) is 18.5. The van der Waals surface area contributed by atoms with Crippen molar-refractivity contribution in [3.63, 3.8) is 0 Å². The Kier molecular flexibility index (Phi) is 6.62. The van der Waals surface area contributed by atoms with Gasteiger partial charge in [0.2, 0.25) is 0 Å². The highest BCUT2D eigenvalue weighted by atomic mass is 19.1. The molecule has 5 heteroatoms. The third-order valence-corrected chi connectivity index (χ3v) is 4.46. The molecule has 0 fully saturated rings. The van der Waals surface area contributed by atoms with Crippen LogP contribution in [-0.4, -0.2) is 23.4 Å². The summed E-state index contributed by atoms with van der Waals surface area (Å²) in [5, 5.41) is 19.1. The number of halogens is 1. The molecule has 0 saturated heterocycles. The van der Waals surface area contributed by atoms with Gasteiger partial charge in [0.15, 0.2) is 11.6 Å². The second kappa shape index (κ2) is 8.50. The predicted molar refractivity (Wildman–Crippen MR) is 101 cm³/mol. The fraction of sp³-hybridized carbons (Fsp3) is 0.400. The maximum atomic E-state index is 13.4. The summed E-state index contributed by atoms with van der Waals surface area (Å²) in [5.74, 6) is -0.649. The molecule has 2 rings (SSSR count). The van der Waals surface area contributed by atoms with E-state index in [2.05, 4.69) is 20.4 Å². The van der Waals surface area contributed by atoms with Gasteiger partial charge in [0.05, 0.1) is 6.10 Å². The molecule has 1 aromatic rings. The Bertz CT molecular complexity index is 694. The van der Waals surface area contributed by atoms with E-state index in [4.69, 9.17) is 4.65 Å². The number of allylic oxidation sites excluding steroid dienone is 2. The summed E-state index contributed by atoms with van der Waals surface area (Å²) in [6.07, 6.45) is 5.69. The number of aromatic hydroxyl groups is 1. The molecular formula is C20H26BFO3. The summed E-state index contributed by atoms with van der Waals surface area (Å²) in [6, 6.07) is 4.34. The first-order valence-corrected chi connectivity index (χ1v) is 8.66. The quantitative estimate of drug-likeness (QED) is 0.734. The molecule has 1 heterocycles. The van der Waals surface area contributed by atoms with Gasteiger partial charge in [0, 0.05) is 6.32 Å². The maximum Gasteiger partial charge on any atom is 0.458 e. The minimum atomic E-state index is -0.774. The zero-order valence-electron chi connectivity index (χ0n) is 15.1. The number of phenolic OH excluding ortho intramolecular Hbond substituents is 1. The van der Waals surface area contributed by atoms with Gasteiger partial charge in [-0.1, -0.05) is 44.2 Å². The van der Waals surface area contributed by atoms with Crippen LogP contribution in [0.5, 0.6) is 5.75 Å². The summed E-state index contributed by atoms with van der Waals surface area (Å²) in [5.41, 5.74) is 3.89. The van der Waals surface area contributed by atoms with Crippen LogP contribution in [-0.2, 0) is 4.65 Å². The summed E-state index contributed by atoms with van der Waals surface area (Å²) in [4.78, 5) is 0. The molecule has 0 bridgehead atoms. The smallest absolute Gasteiger partial charge is 0.458 e. The Hall–Kier alpha value is -1.85. The van der Waals surface area contributed by atoms with E-state index >= 15 is 0 Å². The SMILES string of the molecule is C=C(C1=CCB(O)OC1CC/C(C)=C/c1ccc(O)c(F)c1)C(C)C. The van der Waals surface area contributed by atoms with Crippen molar-refractivity contribution in [2.45, 2.75) is 46.0 Å². The fourth-order valence-electron chi connectivity index (χ4n) is 2.90. The lowest BCUT2D eigenvalue weighted by Gasteiger charge is -2.29. The molecule has 0 aliphatic carbocycles. The first-order valence-electron chi connectivity index (χ1n) is 8.66. The van der Waals surface area contributed by atoms with Crippen LogP contribution in [0, 0.1) is 11.7 Å². The summed E-state index contributed by atoms with van der Waals surface area (Å²) < 4.78 is 19.1. The molecule has 0 amide bonds. The van der Waals surface area contributed by atoms with E-state index in [9.17, 15) is 14.5 Å². The summed E-state index contributed by atoms with van der Waals surface area (Å²) in [7, 11) is -0.774. The molecular weight excluding hydrogens is 318 g/mol. The van der Waals surface area contributed by atoms with E-state index in [1.165, 1.54) is 12.1 Å². The molecule has 1 aliphatic heterocycles. The highest BCUT2D eigenvalue weighted by Gasteiger charge is 2.28. The van der Waals surface area contributed by atoms with Crippen LogP contribution in [0.4, 0.5) is 4.39 Å². The largest absolute Gasteiger partial charge is 0.505 e. The maximum absolute atomic E-state index is 13.4. The second-order valence-electron chi connectivity index (χ2n) is 6.89. The molecule has 1 aliphatic rings. The summed E-state index contributed by atoms with van der Waals surface area (Å²) in [6.45, 7) is 10.3. The van der Waals surface area contributed by atoms with E-state index in [1.54, 1.807) is 6.07 Å². The average molecular weight is 344 g/mol. The van der Waals surface area contributed by atoms with Gasteiger partial charge >= 0.3 is 7.12 Å². The Morgan fingerprint density at radius 1 is 1.48 bits per heavy atom. The standard InChI is InChI=1S/C20H26BFO3/c1-13(2)15(4)17-9-10-21(24)25-20(17)8-5-14(3)11-16-6-7-19(23)18(22)12-16/h6-7,9,11-13,20,23-24H,4-5,8,10H2,1-3H3/b14-11+. The van der Waals surface area contributed by atoms with E-state index in [1.807, 2.05) is 19.1 Å². The molecule has 1 atom stereocenters. The van der Waals surface area contributed by atoms with Crippen molar-refractivity contribution < 1.29 is 19.2 Å². The minimum Gasteiger partial charge on any atom is -0.505 e. The topological polar surface area (TPSA) is 49.7 Å². The molecule has 1 unspecified atom stereocenters. The number of hydrogen-bond acceptors (Lipinski definition) is 3. The molecule has 134 valence electrons. The fourth-order valence-corrected chi connectivity index (χ4v) is 2.90. The molecule has 3 nitrogen and oxygen atoms in total. The van der Waals surface area contributed by atoms with Crippen molar-refractivity contribution in [2.24, 2.45) is 5.92 Å². The Morgan fingerprint density at radius 3 is 2.84 bits per heavy atom. The zero-order chi connectivity index (χ0) is 18.6. The van der Waals surface area contributed by atoms with Crippen molar-refractivity contribution in [2.75, 3.05) is 0 Å². The predicted octanol–water partition coefficient (Wildman–Crippen LogP) is 4.73. The van der Waals surface area contributed by atoms with Crippen LogP contribution in [0.1, 0.15) is 39.2 Å². The molecule has 0 saturated carbocycles. The number of phenols is 1. The molecule has 25 heavy (non-hydrogen) atoms. The van der Waals surface area contributed by atoms with Crippen molar-refractivity contribution >= 4 is 13.2 Å². The molecule has 0 aromatic heterocycles. The third-order valence-electron chi connectivity index (χ3n) is 4.46.